The van der Waals surface area contributed by atoms with Crippen molar-refractivity contribution < 1.29 is 4.39 Å². The first-order valence-electron chi connectivity index (χ1n) is 5.60. The molecule has 0 aromatic heterocycles. The maximum Gasteiger partial charge on any atom is 0.125 e. The molecule has 0 atom stereocenters. The molecular weight excluding hydrogens is 215 g/mol. The van der Waals surface area contributed by atoms with Gasteiger partial charge in [-0.25, -0.2) is 4.39 Å². The summed E-state index contributed by atoms with van der Waals surface area (Å²) in [4.78, 5) is 0. The lowest BCUT2D eigenvalue weighted by atomic mass is 10.1. The van der Waals surface area contributed by atoms with Gasteiger partial charge in [0.15, 0.2) is 0 Å². The van der Waals surface area contributed by atoms with Gasteiger partial charge in [0.05, 0.1) is 11.4 Å². The van der Waals surface area contributed by atoms with Crippen LogP contribution in [0.25, 0.3) is 0 Å². The molecule has 0 bridgehead atoms. The summed E-state index contributed by atoms with van der Waals surface area (Å²) >= 11 is 0. The average Bonchev–Trinajstić information content (AvgIpc) is 2.33. The monoisotopic (exact) mass is 230 g/mol. The molecule has 17 heavy (non-hydrogen) atoms. The van der Waals surface area contributed by atoms with Crippen LogP contribution in [0.1, 0.15) is 12.5 Å². The minimum atomic E-state index is -0.324. The zero-order valence-electron chi connectivity index (χ0n) is 9.70. The molecule has 0 spiro atoms. The molecule has 0 aliphatic heterocycles. The number of nitrogen functional groups attached to an aromatic ring is 1. The normalized spacial score (nSPS) is 10.2. The summed E-state index contributed by atoms with van der Waals surface area (Å²) in [5, 5.41) is 3.18. The fourth-order valence-electron chi connectivity index (χ4n) is 1.67. The quantitative estimate of drug-likeness (QED) is 0.789. The Morgan fingerprint density at radius 1 is 1.18 bits per heavy atom. The van der Waals surface area contributed by atoms with Crippen molar-refractivity contribution in [1.29, 1.82) is 0 Å². The number of anilines is 3. The van der Waals surface area contributed by atoms with Crippen LogP contribution in [0.3, 0.4) is 0 Å². The minimum absolute atomic E-state index is 0.324. The summed E-state index contributed by atoms with van der Waals surface area (Å²) in [5.74, 6) is -0.324. The first-order chi connectivity index (χ1) is 8.19. The lowest BCUT2D eigenvalue weighted by molar-refractivity contribution is 0.628. The van der Waals surface area contributed by atoms with Crippen LogP contribution in [0.4, 0.5) is 21.5 Å². The van der Waals surface area contributed by atoms with Crippen LogP contribution < -0.4 is 11.1 Å². The lowest BCUT2D eigenvalue weighted by Gasteiger charge is -2.10. The Labute approximate surface area is 100 Å². The average molecular weight is 230 g/mol. The molecule has 0 amide bonds. The summed E-state index contributed by atoms with van der Waals surface area (Å²) in [6.07, 6.45) is 0.981. The summed E-state index contributed by atoms with van der Waals surface area (Å²) in [7, 11) is 0. The van der Waals surface area contributed by atoms with E-state index in [2.05, 4.69) is 24.4 Å². The van der Waals surface area contributed by atoms with Gasteiger partial charge in [0.2, 0.25) is 0 Å². The van der Waals surface area contributed by atoms with Gasteiger partial charge in [-0.1, -0.05) is 19.1 Å². The van der Waals surface area contributed by atoms with E-state index in [4.69, 9.17) is 5.73 Å². The van der Waals surface area contributed by atoms with E-state index in [9.17, 15) is 4.39 Å². The van der Waals surface area contributed by atoms with E-state index in [-0.39, 0.29) is 5.82 Å². The third-order valence-corrected chi connectivity index (χ3v) is 2.63. The molecule has 2 aromatic rings. The van der Waals surface area contributed by atoms with Crippen molar-refractivity contribution >= 4 is 17.1 Å². The van der Waals surface area contributed by atoms with Gasteiger partial charge in [-0.3, -0.25) is 0 Å². The number of hydrogen-bond acceptors (Lipinski definition) is 2. The predicted molar refractivity (Wildman–Crippen MR) is 69.9 cm³/mol. The zero-order chi connectivity index (χ0) is 12.3. The molecule has 88 valence electrons. The van der Waals surface area contributed by atoms with E-state index >= 15 is 0 Å². The molecule has 2 aromatic carbocycles. The molecule has 3 N–H and O–H groups in total. The largest absolute Gasteiger partial charge is 0.397 e. The van der Waals surface area contributed by atoms with Gasteiger partial charge in [0, 0.05) is 5.69 Å². The minimum Gasteiger partial charge on any atom is -0.397 e. The molecule has 0 radical (unpaired) electrons. The summed E-state index contributed by atoms with van der Waals surface area (Å²) in [6.45, 7) is 2.10. The van der Waals surface area contributed by atoms with Crippen molar-refractivity contribution in [3.8, 4) is 0 Å². The van der Waals surface area contributed by atoms with Gasteiger partial charge < -0.3 is 11.1 Å². The van der Waals surface area contributed by atoms with Crippen molar-refractivity contribution in [3.05, 3.63) is 53.8 Å². The molecule has 0 aliphatic carbocycles. The second-order valence-electron chi connectivity index (χ2n) is 3.91. The molecule has 2 rings (SSSR count). The molecule has 0 fully saturated rings. The van der Waals surface area contributed by atoms with E-state index in [1.807, 2.05) is 12.1 Å². The first kappa shape index (κ1) is 11.5. The molecule has 0 unspecified atom stereocenters. The van der Waals surface area contributed by atoms with Crippen LogP contribution in [0.15, 0.2) is 42.5 Å². The second kappa shape index (κ2) is 4.87. The SMILES string of the molecule is CCc1cccc(Nc2ccc(F)cc2N)c1. The fourth-order valence-corrected chi connectivity index (χ4v) is 1.67. The number of aryl methyl sites for hydroxylation is 1. The Morgan fingerprint density at radius 2 is 2.00 bits per heavy atom. The third kappa shape index (κ3) is 2.75. The Bertz CT molecular complexity index is 523. The van der Waals surface area contributed by atoms with Crippen molar-refractivity contribution in [2.24, 2.45) is 0 Å². The summed E-state index contributed by atoms with van der Waals surface area (Å²) in [6, 6.07) is 12.4. The topological polar surface area (TPSA) is 38.0 Å². The fraction of sp³-hybridized carbons (Fsp3) is 0.143. The highest BCUT2D eigenvalue weighted by atomic mass is 19.1. The van der Waals surface area contributed by atoms with Crippen molar-refractivity contribution in [1.82, 2.24) is 0 Å². The van der Waals surface area contributed by atoms with Crippen LogP contribution in [-0.2, 0) is 6.42 Å². The number of hydrogen-bond donors (Lipinski definition) is 2. The summed E-state index contributed by atoms with van der Waals surface area (Å²) in [5.41, 5.74) is 9.08. The summed E-state index contributed by atoms with van der Waals surface area (Å²) < 4.78 is 12.9. The maximum absolute atomic E-state index is 12.9. The Hall–Kier alpha value is -2.03. The highest BCUT2D eigenvalue weighted by Crippen LogP contribution is 2.24. The first-order valence-corrected chi connectivity index (χ1v) is 5.60. The number of halogens is 1. The van der Waals surface area contributed by atoms with Crippen LogP contribution in [0.5, 0.6) is 0 Å². The number of nitrogens with two attached hydrogens (primary N) is 1. The van der Waals surface area contributed by atoms with Crippen molar-refractivity contribution in [3.63, 3.8) is 0 Å². The van der Waals surface area contributed by atoms with Gasteiger partial charge in [0.25, 0.3) is 0 Å². The van der Waals surface area contributed by atoms with E-state index in [1.54, 1.807) is 6.07 Å². The second-order valence-corrected chi connectivity index (χ2v) is 3.91. The molecule has 2 nitrogen and oxygen atoms in total. The standard InChI is InChI=1S/C14H15FN2/c1-2-10-4-3-5-12(8-10)17-14-7-6-11(15)9-13(14)16/h3-9,17H,2,16H2,1H3. The van der Waals surface area contributed by atoms with Gasteiger partial charge in [-0.05, 0) is 42.3 Å². The maximum atomic E-state index is 12.9. The van der Waals surface area contributed by atoms with Gasteiger partial charge in [-0.15, -0.1) is 0 Å². The highest BCUT2D eigenvalue weighted by Gasteiger charge is 2.01. The van der Waals surface area contributed by atoms with E-state index in [0.717, 1.165) is 17.8 Å². The van der Waals surface area contributed by atoms with Crippen LogP contribution in [0, 0.1) is 5.82 Å². The van der Waals surface area contributed by atoms with Crippen LogP contribution in [-0.4, -0.2) is 0 Å². The molecule has 0 aliphatic rings. The van der Waals surface area contributed by atoms with E-state index in [0.29, 0.717) is 5.69 Å². The number of nitrogens with one attached hydrogen (secondary N) is 1. The van der Waals surface area contributed by atoms with E-state index in [1.165, 1.54) is 17.7 Å². The molecule has 3 heteroatoms. The Kier molecular flexibility index (Phi) is 3.28. The highest BCUT2D eigenvalue weighted by molar-refractivity contribution is 5.72. The number of benzene rings is 2. The molecule has 0 saturated heterocycles. The molecule has 0 heterocycles. The molecular formula is C14H15FN2. The van der Waals surface area contributed by atoms with Gasteiger partial charge in [-0.2, -0.15) is 0 Å². The van der Waals surface area contributed by atoms with Gasteiger partial charge >= 0.3 is 0 Å². The smallest absolute Gasteiger partial charge is 0.125 e. The Morgan fingerprint density at radius 3 is 2.71 bits per heavy atom. The molecule has 0 saturated carbocycles. The van der Waals surface area contributed by atoms with Crippen LogP contribution >= 0.6 is 0 Å². The Balaban J connectivity index is 2.25. The van der Waals surface area contributed by atoms with Crippen molar-refractivity contribution in [2.75, 3.05) is 11.1 Å². The lowest BCUT2D eigenvalue weighted by Crippen LogP contribution is -1.97. The van der Waals surface area contributed by atoms with Crippen LogP contribution in [0.2, 0.25) is 0 Å². The zero-order valence-corrected chi connectivity index (χ0v) is 9.70. The van der Waals surface area contributed by atoms with Gasteiger partial charge in [0.1, 0.15) is 5.82 Å². The number of rotatable bonds is 3. The third-order valence-electron chi connectivity index (χ3n) is 2.63. The van der Waals surface area contributed by atoms with E-state index < -0.39 is 0 Å². The predicted octanol–water partition coefficient (Wildman–Crippen LogP) is 3.71. The van der Waals surface area contributed by atoms with Crippen molar-refractivity contribution in [2.45, 2.75) is 13.3 Å².